The van der Waals surface area contributed by atoms with E-state index in [0.29, 0.717) is 6.54 Å². The quantitative estimate of drug-likeness (QED) is 0.697. The van der Waals surface area contributed by atoms with E-state index < -0.39 is 6.10 Å². The lowest BCUT2D eigenvalue weighted by Crippen LogP contribution is -2.37. The number of phenolic OH excluding ortho intramolecular Hbond substituents is 1. The molecule has 0 bridgehead atoms. The zero-order chi connectivity index (χ0) is 17.5. The molecule has 0 amide bonds. The maximum atomic E-state index is 10.1. The molecule has 0 aliphatic carbocycles. The molecule has 24 heavy (non-hydrogen) atoms. The number of aromatic hydroxyl groups is 1. The average molecular weight is 329 g/mol. The van der Waals surface area contributed by atoms with Crippen LogP contribution in [0.3, 0.4) is 0 Å². The van der Waals surface area contributed by atoms with E-state index in [1.165, 1.54) is 0 Å². The highest BCUT2D eigenvalue weighted by atomic mass is 16.5. The Morgan fingerprint density at radius 3 is 2.42 bits per heavy atom. The van der Waals surface area contributed by atoms with Gasteiger partial charge in [0.05, 0.1) is 0 Å². The van der Waals surface area contributed by atoms with E-state index in [0.717, 1.165) is 28.9 Å². The summed E-state index contributed by atoms with van der Waals surface area (Å²) in [6.07, 6.45) is 0.217. The maximum Gasteiger partial charge on any atom is 0.125 e. The summed E-state index contributed by atoms with van der Waals surface area (Å²) >= 11 is 0. The number of rotatable bonds is 8. The minimum absolute atomic E-state index is 0.196. The van der Waals surface area contributed by atoms with E-state index >= 15 is 0 Å². The molecule has 0 saturated heterocycles. The van der Waals surface area contributed by atoms with Crippen LogP contribution in [0.15, 0.2) is 42.5 Å². The number of nitrogens with one attached hydrogen (secondary N) is 1. The molecule has 2 aromatic rings. The Kier molecular flexibility index (Phi) is 6.64. The minimum atomic E-state index is -0.573. The Bertz CT molecular complexity index is 637. The normalized spacial score (nSPS) is 13.5. The molecule has 4 nitrogen and oxygen atoms in total. The summed E-state index contributed by atoms with van der Waals surface area (Å²) in [5.41, 5.74) is 3.22. The SMILES string of the molecule is Cc1cccc(C)c1OCC(O)CNC(C)Cc1cccc(O)c1. The van der Waals surface area contributed by atoms with Crippen molar-refractivity contribution in [1.29, 1.82) is 0 Å². The average Bonchev–Trinajstić information content (AvgIpc) is 2.52. The van der Waals surface area contributed by atoms with Crippen LogP contribution in [0.5, 0.6) is 11.5 Å². The highest BCUT2D eigenvalue weighted by Gasteiger charge is 2.11. The predicted octanol–water partition coefficient (Wildman–Crippen LogP) is 2.97. The van der Waals surface area contributed by atoms with Gasteiger partial charge in [0.25, 0.3) is 0 Å². The Morgan fingerprint density at radius 2 is 1.75 bits per heavy atom. The van der Waals surface area contributed by atoms with Gasteiger partial charge in [-0.3, -0.25) is 0 Å². The van der Waals surface area contributed by atoms with Gasteiger partial charge in [-0.1, -0.05) is 30.3 Å². The fourth-order valence-corrected chi connectivity index (χ4v) is 2.71. The molecule has 0 spiro atoms. The minimum Gasteiger partial charge on any atom is -0.508 e. The van der Waals surface area contributed by atoms with Crippen molar-refractivity contribution >= 4 is 0 Å². The number of hydrogen-bond acceptors (Lipinski definition) is 4. The molecule has 3 N–H and O–H groups in total. The van der Waals surface area contributed by atoms with Gasteiger partial charge in [0.1, 0.15) is 24.2 Å². The first-order chi connectivity index (χ1) is 11.5. The van der Waals surface area contributed by atoms with Gasteiger partial charge >= 0.3 is 0 Å². The summed E-state index contributed by atoms with van der Waals surface area (Å²) in [6.45, 7) is 6.79. The number of phenols is 1. The van der Waals surface area contributed by atoms with Crippen LogP contribution in [-0.2, 0) is 6.42 Å². The van der Waals surface area contributed by atoms with Crippen molar-refractivity contribution in [2.24, 2.45) is 0 Å². The predicted molar refractivity (Wildman–Crippen MR) is 96.7 cm³/mol. The van der Waals surface area contributed by atoms with E-state index in [1.807, 2.05) is 44.2 Å². The van der Waals surface area contributed by atoms with Gasteiger partial charge in [-0.25, -0.2) is 0 Å². The zero-order valence-electron chi connectivity index (χ0n) is 14.6. The third-order valence-electron chi connectivity index (χ3n) is 3.98. The molecule has 2 rings (SSSR count). The van der Waals surface area contributed by atoms with Crippen LogP contribution in [0.1, 0.15) is 23.6 Å². The lowest BCUT2D eigenvalue weighted by atomic mass is 10.1. The Balaban J connectivity index is 1.75. The first kappa shape index (κ1) is 18.3. The zero-order valence-corrected chi connectivity index (χ0v) is 14.6. The second-order valence-corrected chi connectivity index (χ2v) is 6.37. The van der Waals surface area contributed by atoms with Gasteiger partial charge in [0.2, 0.25) is 0 Å². The number of ether oxygens (including phenoxy) is 1. The third kappa shape index (κ3) is 5.55. The van der Waals surface area contributed by atoms with Gasteiger partial charge < -0.3 is 20.3 Å². The molecule has 130 valence electrons. The lowest BCUT2D eigenvalue weighted by Gasteiger charge is -2.19. The summed E-state index contributed by atoms with van der Waals surface area (Å²) in [4.78, 5) is 0. The summed E-state index contributed by atoms with van der Waals surface area (Å²) < 4.78 is 5.77. The van der Waals surface area contributed by atoms with Gasteiger partial charge in [-0.15, -0.1) is 0 Å². The van der Waals surface area contributed by atoms with Gasteiger partial charge in [-0.2, -0.15) is 0 Å². The second-order valence-electron chi connectivity index (χ2n) is 6.37. The Hall–Kier alpha value is -2.04. The number of hydrogen-bond donors (Lipinski definition) is 3. The molecule has 4 heteroatoms. The smallest absolute Gasteiger partial charge is 0.125 e. The molecule has 0 aromatic heterocycles. The van der Waals surface area contributed by atoms with Crippen LogP contribution in [0.2, 0.25) is 0 Å². The molecule has 2 aromatic carbocycles. The van der Waals surface area contributed by atoms with Crippen LogP contribution >= 0.6 is 0 Å². The number of aliphatic hydroxyl groups excluding tert-OH is 1. The number of benzene rings is 2. The number of para-hydroxylation sites is 1. The van der Waals surface area contributed by atoms with Crippen LogP contribution in [-0.4, -0.2) is 35.5 Å². The standard InChI is InChI=1S/C20H27NO3/c1-14-6-4-7-15(2)20(14)24-13-19(23)12-21-16(3)10-17-8-5-9-18(22)11-17/h4-9,11,16,19,21-23H,10,12-13H2,1-3H3. The van der Waals surface area contributed by atoms with Crippen molar-refractivity contribution in [1.82, 2.24) is 5.32 Å². The van der Waals surface area contributed by atoms with Gasteiger partial charge in [0, 0.05) is 12.6 Å². The highest BCUT2D eigenvalue weighted by Crippen LogP contribution is 2.22. The summed E-state index contributed by atoms with van der Waals surface area (Å²) in [5.74, 6) is 1.13. The van der Waals surface area contributed by atoms with Crippen LogP contribution < -0.4 is 10.1 Å². The summed E-state index contributed by atoms with van der Waals surface area (Å²) in [6, 6.07) is 13.5. The largest absolute Gasteiger partial charge is 0.508 e. The van der Waals surface area contributed by atoms with Crippen molar-refractivity contribution in [2.45, 2.75) is 39.3 Å². The fraction of sp³-hybridized carbons (Fsp3) is 0.400. The molecule has 0 saturated carbocycles. The van der Waals surface area contributed by atoms with E-state index in [-0.39, 0.29) is 18.4 Å². The van der Waals surface area contributed by atoms with E-state index in [9.17, 15) is 10.2 Å². The third-order valence-corrected chi connectivity index (χ3v) is 3.98. The molecule has 2 unspecified atom stereocenters. The van der Waals surface area contributed by atoms with Crippen LogP contribution in [0.4, 0.5) is 0 Å². The van der Waals surface area contributed by atoms with Crippen molar-refractivity contribution in [3.05, 3.63) is 59.2 Å². The number of aryl methyl sites for hydroxylation is 2. The molecule has 0 heterocycles. The number of aliphatic hydroxyl groups is 1. The van der Waals surface area contributed by atoms with Gasteiger partial charge in [-0.05, 0) is 56.0 Å². The first-order valence-electron chi connectivity index (χ1n) is 8.34. The molecule has 2 atom stereocenters. The summed E-state index contributed by atoms with van der Waals surface area (Å²) in [5, 5.41) is 22.9. The van der Waals surface area contributed by atoms with Crippen molar-refractivity contribution in [2.75, 3.05) is 13.2 Å². The summed E-state index contributed by atoms with van der Waals surface area (Å²) in [7, 11) is 0. The topological polar surface area (TPSA) is 61.7 Å². The molecule has 0 radical (unpaired) electrons. The Labute approximate surface area is 144 Å². The monoisotopic (exact) mass is 329 g/mol. The molecular weight excluding hydrogens is 302 g/mol. The highest BCUT2D eigenvalue weighted by molar-refractivity contribution is 5.39. The molecule has 0 aliphatic rings. The van der Waals surface area contributed by atoms with E-state index in [2.05, 4.69) is 12.2 Å². The second kappa shape index (κ2) is 8.71. The van der Waals surface area contributed by atoms with Crippen molar-refractivity contribution < 1.29 is 14.9 Å². The lowest BCUT2D eigenvalue weighted by molar-refractivity contribution is 0.103. The van der Waals surface area contributed by atoms with Crippen molar-refractivity contribution in [3.63, 3.8) is 0 Å². The van der Waals surface area contributed by atoms with Crippen LogP contribution in [0.25, 0.3) is 0 Å². The van der Waals surface area contributed by atoms with E-state index in [4.69, 9.17) is 4.74 Å². The first-order valence-corrected chi connectivity index (χ1v) is 8.34. The molecule has 0 fully saturated rings. The molecule has 0 aliphatic heterocycles. The maximum absolute atomic E-state index is 10.1. The van der Waals surface area contributed by atoms with E-state index in [1.54, 1.807) is 12.1 Å². The fourth-order valence-electron chi connectivity index (χ4n) is 2.71. The van der Waals surface area contributed by atoms with Crippen molar-refractivity contribution in [3.8, 4) is 11.5 Å². The Morgan fingerprint density at radius 1 is 1.08 bits per heavy atom. The van der Waals surface area contributed by atoms with Crippen LogP contribution in [0, 0.1) is 13.8 Å². The molecular formula is C20H27NO3. The van der Waals surface area contributed by atoms with Gasteiger partial charge in [0.15, 0.2) is 0 Å².